The SMILES string of the molecule is C=CCOc1ccc(-c2[c-]cc(I)c(=O)n2CC)c(Br)c1.[Y]. The second kappa shape index (κ2) is 9.35. The van der Waals surface area contributed by atoms with Gasteiger partial charge in [0.1, 0.15) is 12.4 Å². The molecule has 0 aliphatic rings. The molecule has 0 atom stereocenters. The van der Waals surface area contributed by atoms with Crippen molar-refractivity contribution in [1.29, 1.82) is 0 Å². The Hall–Kier alpha value is 0.0239. The summed E-state index contributed by atoms with van der Waals surface area (Å²) in [6.45, 7) is 6.63. The normalized spacial score (nSPS) is 9.95. The van der Waals surface area contributed by atoms with Crippen LogP contribution in [0.4, 0.5) is 0 Å². The van der Waals surface area contributed by atoms with Crippen LogP contribution in [0.15, 0.2) is 46.2 Å². The Morgan fingerprint density at radius 3 is 2.82 bits per heavy atom. The van der Waals surface area contributed by atoms with Crippen LogP contribution in [0.2, 0.25) is 0 Å². The van der Waals surface area contributed by atoms with Gasteiger partial charge in [0.05, 0.1) is 0 Å². The predicted molar refractivity (Wildman–Crippen MR) is 96.8 cm³/mol. The van der Waals surface area contributed by atoms with E-state index >= 15 is 0 Å². The van der Waals surface area contributed by atoms with Gasteiger partial charge >= 0.3 is 0 Å². The minimum atomic E-state index is 0. The van der Waals surface area contributed by atoms with E-state index in [0.717, 1.165) is 21.5 Å². The van der Waals surface area contributed by atoms with Crippen LogP contribution < -0.4 is 10.3 Å². The Morgan fingerprint density at radius 2 is 2.23 bits per heavy atom. The first-order valence-corrected chi connectivity index (χ1v) is 8.30. The molecule has 6 heteroatoms. The first-order valence-electron chi connectivity index (χ1n) is 6.43. The summed E-state index contributed by atoms with van der Waals surface area (Å²) >= 11 is 5.57. The second-order valence-corrected chi connectivity index (χ2v) is 6.29. The van der Waals surface area contributed by atoms with Crippen LogP contribution >= 0.6 is 38.5 Å². The van der Waals surface area contributed by atoms with Gasteiger partial charge in [0.2, 0.25) is 5.56 Å². The van der Waals surface area contributed by atoms with Gasteiger partial charge in [0, 0.05) is 39.3 Å². The molecule has 1 aromatic heterocycles. The Kier molecular flexibility index (Phi) is 8.53. The number of ether oxygens (including phenoxy) is 1. The van der Waals surface area contributed by atoms with Crippen molar-refractivity contribution in [3.05, 3.63) is 61.4 Å². The molecule has 1 aromatic carbocycles. The van der Waals surface area contributed by atoms with E-state index in [1.165, 1.54) is 0 Å². The van der Waals surface area contributed by atoms with Crippen LogP contribution in [0.5, 0.6) is 5.75 Å². The maximum absolute atomic E-state index is 12.2. The number of hydrogen-bond acceptors (Lipinski definition) is 2. The zero-order valence-electron chi connectivity index (χ0n) is 12.1. The number of hydrogen-bond donors (Lipinski definition) is 0. The van der Waals surface area contributed by atoms with E-state index in [2.05, 4.69) is 28.6 Å². The van der Waals surface area contributed by atoms with Gasteiger partial charge < -0.3 is 9.30 Å². The Bertz CT molecular complexity index is 731. The monoisotopic (exact) mass is 547 g/mol. The molecule has 113 valence electrons. The molecule has 0 spiro atoms. The summed E-state index contributed by atoms with van der Waals surface area (Å²) in [4.78, 5) is 12.2. The van der Waals surface area contributed by atoms with E-state index in [-0.39, 0.29) is 38.3 Å². The van der Waals surface area contributed by atoms with Crippen LogP contribution in [0.25, 0.3) is 11.3 Å². The predicted octanol–water partition coefficient (Wildman–Crippen LogP) is 4.26. The zero-order chi connectivity index (χ0) is 15.4. The number of aromatic nitrogens is 1. The third kappa shape index (κ3) is 4.52. The van der Waals surface area contributed by atoms with Gasteiger partial charge in [-0.3, -0.25) is 4.79 Å². The largest absolute Gasteiger partial charge is 0.490 e. The molecule has 1 radical (unpaired) electrons. The van der Waals surface area contributed by atoms with Gasteiger partial charge in [-0.1, -0.05) is 39.8 Å². The molecule has 2 rings (SSSR count). The van der Waals surface area contributed by atoms with Gasteiger partial charge in [-0.15, -0.1) is 28.7 Å². The van der Waals surface area contributed by atoms with E-state index in [1.807, 2.05) is 47.7 Å². The van der Waals surface area contributed by atoms with Gasteiger partial charge in [-0.25, -0.2) is 0 Å². The molecule has 0 bridgehead atoms. The van der Waals surface area contributed by atoms with Crippen molar-refractivity contribution < 1.29 is 37.4 Å². The average Bonchev–Trinajstić information content (AvgIpc) is 2.48. The molecule has 0 unspecified atom stereocenters. The number of nitrogens with zero attached hydrogens (tertiary/aromatic N) is 1. The number of rotatable bonds is 5. The van der Waals surface area contributed by atoms with Crippen molar-refractivity contribution in [2.75, 3.05) is 6.61 Å². The van der Waals surface area contributed by atoms with E-state index in [1.54, 1.807) is 16.7 Å². The maximum atomic E-state index is 12.2. The smallest absolute Gasteiger partial charge is 0.207 e. The molecular formula is C16H14BrINO2Y-. The van der Waals surface area contributed by atoms with Crippen molar-refractivity contribution in [2.45, 2.75) is 13.5 Å². The van der Waals surface area contributed by atoms with Gasteiger partial charge in [0.25, 0.3) is 0 Å². The van der Waals surface area contributed by atoms with Gasteiger partial charge in [-0.05, 0) is 27.1 Å². The van der Waals surface area contributed by atoms with Crippen molar-refractivity contribution in [1.82, 2.24) is 4.57 Å². The molecule has 0 aliphatic heterocycles. The summed E-state index contributed by atoms with van der Waals surface area (Å²) in [5.74, 6) is 0.751. The van der Waals surface area contributed by atoms with E-state index in [4.69, 9.17) is 4.74 Å². The minimum absolute atomic E-state index is 0. The molecule has 3 nitrogen and oxygen atoms in total. The zero-order valence-corrected chi connectivity index (χ0v) is 18.7. The third-order valence-electron chi connectivity index (χ3n) is 2.93. The van der Waals surface area contributed by atoms with Crippen LogP contribution in [-0.2, 0) is 39.3 Å². The van der Waals surface area contributed by atoms with Crippen LogP contribution in [0.1, 0.15) is 6.92 Å². The standard InChI is InChI=1S/C16H14BrINO2.Y/c1-3-9-21-11-5-6-12(13(17)10-11)15-8-7-14(18)16(20)19(15)4-2;/h3,5-7,10H,1,4,9H2,2H3;/q-1;. The molecule has 0 saturated carbocycles. The number of halogens is 2. The quantitative estimate of drug-likeness (QED) is 0.318. The summed E-state index contributed by atoms with van der Waals surface area (Å²) in [6.07, 6.45) is 1.70. The maximum Gasteiger partial charge on any atom is 0.207 e. The Labute approximate surface area is 177 Å². The minimum Gasteiger partial charge on any atom is -0.490 e. The Balaban J connectivity index is 0.00000242. The van der Waals surface area contributed by atoms with Crippen molar-refractivity contribution in [3.63, 3.8) is 0 Å². The summed E-state index contributed by atoms with van der Waals surface area (Å²) in [6, 6.07) is 10.6. The molecule has 22 heavy (non-hydrogen) atoms. The number of benzene rings is 1. The first-order chi connectivity index (χ1) is 10.1. The molecule has 2 aromatic rings. The summed E-state index contributed by atoms with van der Waals surface area (Å²) in [5, 5.41) is 0. The molecule has 0 amide bonds. The third-order valence-corrected chi connectivity index (χ3v) is 4.36. The Morgan fingerprint density at radius 1 is 1.50 bits per heavy atom. The molecule has 0 N–H and O–H groups in total. The molecular weight excluding hydrogens is 534 g/mol. The second-order valence-electron chi connectivity index (χ2n) is 4.28. The molecule has 1 heterocycles. The van der Waals surface area contributed by atoms with Crippen molar-refractivity contribution >= 4 is 38.5 Å². The van der Waals surface area contributed by atoms with E-state index < -0.39 is 0 Å². The van der Waals surface area contributed by atoms with Crippen molar-refractivity contribution in [2.24, 2.45) is 0 Å². The molecule has 0 aliphatic carbocycles. The molecule has 0 fully saturated rings. The van der Waals surface area contributed by atoms with Gasteiger partial charge in [-0.2, -0.15) is 12.1 Å². The van der Waals surface area contributed by atoms with E-state index in [0.29, 0.717) is 16.7 Å². The van der Waals surface area contributed by atoms with Gasteiger partial charge in [0.15, 0.2) is 0 Å². The fourth-order valence-electron chi connectivity index (χ4n) is 1.96. The van der Waals surface area contributed by atoms with Crippen molar-refractivity contribution in [3.8, 4) is 17.0 Å². The molecule has 0 saturated heterocycles. The fourth-order valence-corrected chi connectivity index (χ4v) is 2.95. The van der Waals surface area contributed by atoms with Crippen LogP contribution in [-0.4, -0.2) is 11.2 Å². The van der Waals surface area contributed by atoms with E-state index in [9.17, 15) is 4.79 Å². The van der Waals surface area contributed by atoms with Crippen LogP contribution in [0.3, 0.4) is 0 Å². The summed E-state index contributed by atoms with van der Waals surface area (Å²) in [5.41, 5.74) is 1.69. The number of pyridine rings is 1. The topological polar surface area (TPSA) is 31.2 Å². The summed E-state index contributed by atoms with van der Waals surface area (Å²) < 4.78 is 8.74. The van der Waals surface area contributed by atoms with Crippen LogP contribution in [0, 0.1) is 9.64 Å². The fraction of sp³-hybridized carbons (Fsp3) is 0.188. The summed E-state index contributed by atoms with van der Waals surface area (Å²) in [7, 11) is 0. The average molecular weight is 548 g/mol. The first kappa shape index (κ1) is 20.1.